The number of benzene rings is 2. The van der Waals surface area contributed by atoms with Gasteiger partial charge >= 0.3 is 12.1 Å². The molecule has 8 heteroatoms. The van der Waals surface area contributed by atoms with Crippen LogP contribution in [0.3, 0.4) is 0 Å². The number of halogens is 4. The summed E-state index contributed by atoms with van der Waals surface area (Å²) in [5.41, 5.74) is 1.35. The van der Waals surface area contributed by atoms with Crippen molar-refractivity contribution < 1.29 is 27.4 Å². The van der Waals surface area contributed by atoms with Gasteiger partial charge in [-0.05, 0) is 40.8 Å². The van der Waals surface area contributed by atoms with Crippen LogP contribution in [0.5, 0.6) is 0 Å². The molecule has 0 saturated heterocycles. The number of hydrogen-bond donors (Lipinski definition) is 0. The summed E-state index contributed by atoms with van der Waals surface area (Å²) < 4.78 is 48.1. The Morgan fingerprint density at radius 2 is 1.70 bits per heavy atom. The van der Waals surface area contributed by atoms with Crippen LogP contribution in [0.4, 0.5) is 13.2 Å². The van der Waals surface area contributed by atoms with Crippen LogP contribution in [0.15, 0.2) is 48.5 Å². The summed E-state index contributed by atoms with van der Waals surface area (Å²) in [6, 6.07) is 14.3. The van der Waals surface area contributed by atoms with E-state index in [1.165, 1.54) is 31.4 Å². The third-order valence-corrected chi connectivity index (χ3v) is 4.50. The lowest BCUT2D eigenvalue weighted by Gasteiger charge is -2.16. The first-order chi connectivity index (χ1) is 12.8. The SMILES string of the molecule is COC(=O)c1ccc(/C(OCC(F)(F)F)=C(\I)c2ccccc2C#N)cc1. The van der Waals surface area contributed by atoms with Gasteiger partial charge in [-0.1, -0.05) is 30.3 Å². The Morgan fingerprint density at radius 3 is 2.26 bits per heavy atom. The van der Waals surface area contributed by atoms with E-state index >= 15 is 0 Å². The van der Waals surface area contributed by atoms with Gasteiger partial charge in [-0.3, -0.25) is 0 Å². The van der Waals surface area contributed by atoms with E-state index in [9.17, 15) is 23.2 Å². The number of nitrogens with zero attached hydrogens (tertiary/aromatic N) is 1. The first kappa shape index (κ1) is 20.8. The standard InChI is InChI=1S/C19H13F3INO3/c1-26-18(25)13-8-6-12(7-9-13)17(27-11-19(20,21)22)16(23)15-5-3-2-4-14(15)10-24/h2-9H,11H2,1H3/b17-16+. The number of carbonyl (C=O) groups excluding carboxylic acids is 1. The van der Waals surface area contributed by atoms with Gasteiger partial charge in [-0.15, -0.1) is 0 Å². The van der Waals surface area contributed by atoms with Crippen LogP contribution in [-0.4, -0.2) is 25.9 Å². The van der Waals surface area contributed by atoms with E-state index in [1.807, 2.05) is 28.7 Å². The highest BCUT2D eigenvalue weighted by atomic mass is 127. The van der Waals surface area contributed by atoms with Crippen molar-refractivity contribution in [2.75, 3.05) is 13.7 Å². The molecule has 4 nitrogen and oxygen atoms in total. The average molecular weight is 487 g/mol. The summed E-state index contributed by atoms with van der Waals surface area (Å²) in [6.07, 6.45) is -4.52. The highest BCUT2D eigenvalue weighted by Crippen LogP contribution is 2.35. The lowest BCUT2D eigenvalue weighted by molar-refractivity contribution is -0.158. The van der Waals surface area contributed by atoms with Crippen molar-refractivity contribution in [3.8, 4) is 6.07 Å². The van der Waals surface area contributed by atoms with Gasteiger partial charge in [0.25, 0.3) is 0 Å². The van der Waals surface area contributed by atoms with Crippen LogP contribution < -0.4 is 0 Å². The van der Waals surface area contributed by atoms with E-state index in [-0.39, 0.29) is 11.3 Å². The van der Waals surface area contributed by atoms with Crippen LogP contribution in [0, 0.1) is 11.3 Å². The van der Waals surface area contributed by atoms with Gasteiger partial charge in [-0.25, -0.2) is 4.79 Å². The van der Waals surface area contributed by atoms with Gasteiger partial charge in [0.05, 0.1) is 27.9 Å². The summed E-state index contributed by atoms with van der Waals surface area (Å²) in [7, 11) is 1.23. The highest BCUT2D eigenvalue weighted by Gasteiger charge is 2.30. The first-order valence-corrected chi connectivity index (χ1v) is 8.62. The summed E-state index contributed by atoms with van der Waals surface area (Å²) >= 11 is 1.85. The number of alkyl halides is 3. The fraction of sp³-hybridized carbons (Fsp3) is 0.158. The Morgan fingerprint density at radius 1 is 1.11 bits per heavy atom. The number of nitriles is 1. The van der Waals surface area contributed by atoms with Crippen molar-refractivity contribution in [1.82, 2.24) is 0 Å². The molecule has 0 amide bonds. The molecule has 140 valence electrons. The molecule has 27 heavy (non-hydrogen) atoms. The van der Waals surface area contributed by atoms with Crippen LogP contribution in [0.25, 0.3) is 9.34 Å². The van der Waals surface area contributed by atoms with Crippen molar-refractivity contribution in [3.63, 3.8) is 0 Å². The summed E-state index contributed by atoms with van der Waals surface area (Å²) in [5.74, 6) is -0.597. The van der Waals surface area contributed by atoms with E-state index < -0.39 is 18.8 Å². The van der Waals surface area contributed by atoms with E-state index in [0.717, 1.165) is 0 Å². The fourth-order valence-corrected chi connectivity index (χ4v) is 3.13. The molecule has 0 aliphatic heterocycles. The molecule has 0 fully saturated rings. The van der Waals surface area contributed by atoms with Crippen molar-refractivity contribution in [2.45, 2.75) is 6.18 Å². The molecule has 0 spiro atoms. The minimum atomic E-state index is -4.52. The maximum absolute atomic E-state index is 12.7. The average Bonchev–Trinajstić information content (AvgIpc) is 2.66. The van der Waals surface area contributed by atoms with Crippen molar-refractivity contribution in [3.05, 3.63) is 70.8 Å². The number of ether oxygens (including phenoxy) is 2. The first-order valence-electron chi connectivity index (χ1n) is 7.54. The third-order valence-electron chi connectivity index (χ3n) is 3.43. The van der Waals surface area contributed by atoms with Crippen LogP contribution >= 0.6 is 22.6 Å². The molecule has 0 aromatic heterocycles. The van der Waals surface area contributed by atoms with Crippen molar-refractivity contribution in [2.24, 2.45) is 0 Å². The second-order valence-corrected chi connectivity index (χ2v) is 6.35. The quantitative estimate of drug-likeness (QED) is 0.252. The van der Waals surface area contributed by atoms with Crippen molar-refractivity contribution in [1.29, 1.82) is 5.26 Å². The molecule has 0 aliphatic carbocycles. The van der Waals surface area contributed by atoms with Crippen molar-refractivity contribution >= 4 is 37.9 Å². The molecule has 0 radical (unpaired) electrons. The predicted octanol–water partition coefficient (Wildman–Crippen LogP) is 5.18. The molecule has 0 atom stereocenters. The Balaban J connectivity index is 2.54. The van der Waals surface area contributed by atoms with Crippen LogP contribution in [0.2, 0.25) is 0 Å². The molecule has 0 unspecified atom stereocenters. The largest absolute Gasteiger partial charge is 0.482 e. The Kier molecular flexibility index (Phi) is 6.85. The molecule has 0 bridgehead atoms. The Bertz CT molecular complexity index is 900. The van der Waals surface area contributed by atoms with E-state index in [4.69, 9.17) is 4.74 Å². The Labute approximate surface area is 167 Å². The fourth-order valence-electron chi connectivity index (χ4n) is 2.20. The van der Waals surface area contributed by atoms with Gasteiger partial charge in [0.2, 0.25) is 0 Å². The zero-order valence-electron chi connectivity index (χ0n) is 14.0. The molecule has 0 aliphatic rings. The van der Waals surface area contributed by atoms with E-state index in [0.29, 0.717) is 20.3 Å². The molecule has 0 saturated carbocycles. The molecule has 0 heterocycles. The minimum absolute atomic E-state index is 0.0351. The van der Waals surface area contributed by atoms with Gasteiger partial charge in [0.1, 0.15) is 5.76 Å². The predicted molar refractivity (Wildman–Crippen MR) is 102 cm³/mol. The third kappa shape index (κ3) is 5.47. The second-order valence-electron chi connectivity index (χ2n) is 5.27. The second kappa shape index (κ2) is 8.90. The molecule has 0 N–H and O–H groups in total. The summed E-state index contributed by atoms with van der Waals surface area (Å²) in [6.45, 7) is -1.48. The number of carbonyl (C=O) groups is 1. The lowest BCUT2D eigenvalue weighted by Crippen LogP contribution is -2.16. The topological polar surface area (TPSA) is 59.3 Å². The van der Waals surface area contributed by atoms with Crippen LogP contribution in [0.1, 0.15) is 27.0 Å². The number of hydrogen-bond acceptors (Lipinski definition) is 4. The number of methoxy groups -OCH3 is 1. The maximum atomic E-state index is 12.7. The van der Waals surface area contributed by atoms with Crippen LogP contribution in [-0.2, 0) is 9.47 Å². The maximum Gasteiger partial charge on any atom is 0.422 e. The van der Waals surface area contributed by atoms with Gasteiger partial charge in [-0.2, -0.15) is 18.4 Å². The number of esters is 1. The van der Waals surface area contributed by atoms with E-state index in [1.54, 1.807) is 24.3 Å². The van der Waals surface area contributed by atoms with Gasteiger partial charge < -0.3 is 9.47 Å². The normalized spacial score (nSPS) is 12.0. The Hall–Kier alpha value is -2.54. The molecular formula is C19H13F3INO3. The summed E-state index contributed by atoms with van der Waals surface area (Å²) in [4.78, 5) is 11.5. The zero-order chi connectivity index (χ0) is 20.0. The lowest BCUT2D eigenvalue weighted by atomic mass is 10.0. The van der Waals surface area contributed by atoms with E-state index in [2.05, 4.69) is 4.74 Å². The number of rotatable bonds is 5. The molecule has 2 aromatic rings. The van der Waals surface area contributed by atoms with Gasteiger partial charge in [0, 0.05) is 11.1 Å². The smallest absolute Gasteiger partial charge is 0.422 e. The monoisotopic (exact) mass is 487 g/mol. The highest BCUT2D eigenvalue weighted by molar-refractivity contribution is 14.1. The molecule has 2 rings (SSSR count). The zero-order valence-corrected chi connectivity index (χ0v) is 16.2. The molecule has 2 aromatic carbocycles. The molecular weight excluding hydrogens is 474 g/mol. The summed E-state index contributed by atoms with van der Waals surface area (Å²) in [5, 5.41) is 9.26. The minimum Gasteiger partial charge on any atom is -0.482 e. The van der Waals surface area contributed by atoms with Gasteiger partial charge in [0.15, 0.2) is 6.61 Å².